The van der Waals surface area contributed by atoms with Crippen molar-refractivity contribution in [2.45, 2.75) is 99.0 Å². The molecule has 0 atom stereocenters. The van der Waals surface area contributed by atoms with E-state index in [2.05, 4.69) is 13.8 Å². The summed E-state index contributed by atoms with van der Waals surface area (Å²) < 4.78 is 11.4. The van der Waals surface area contributed by atoms with Crippen LogP contribution < -0.4 is 0 Å². The lowest BCUT2D eigenvalue weighted by molar-refractivity contribution is -0.273. The van der Waals surface area contributed by atoms with Crippen molar-refractivity contribution in [2.24, 2.45) is 52.3 Å². The summed E-state index contributed by atoms with van der Waals surface area (Å²) in [4.78, 5) is 24.9. The van der Waals surface area contributed by atoms with Crippen molar-refractivity contribution >= 4 is 11.9 Å². The predicted molar refractivity (Wildman–Crippen MR) is 121 cm³/mol. The van der Waals surface area contributed by atoms with E-state index in [9.17, 15) is 9.59 Å². The molecule has 0 N–H and O–H groups in total. The molecule has 7 aliphatic carbocycles. The van der Waals surface area contributed by atoms with E-state index in [0.717, 1.165) is 41.4 Å². The highest BCUT2D eigenvalue weighted by Crippen LogP contribution is 2.76. The molecule has 0 heterocycles. The van der Waals surface area contributed by atoms with Crippen LogP contribution in [0, 0.1) is 52.3 Å². The van der Waals surface area contributed by atoms with Crippen LogP contribution in [0.1, 0.15) is 93.4 Å². The molecule has 0 amide bonds. The van der Waals surface area contributed by atoms with Crippen LogP contribution in [0.4, 0.5) is 0 Å². The zero-order valence-electron chi connectivity index (χ0n) is 20.8. The van der Waals surface area contributed by atoms with Gasteiger partial charge in [0.1, 0.15) is 5.60 Å². The highest BCUT2D eigenvalue weighted by atomic mass is 16.6. The van der Waals surface area contributed by atoms with Gasteiger partial charge in [0.25, 0.3) is 0 Å². The van der Waals surface area contributed by atoms with E-state index < -0.39 is 17.0 Å². The molecule has 31 heavy (non-hydrogen) atoms. The molecule has 0 aromatic carbocycles. The summed E-state index contributed by atoms with van der Waals surface area (Å²) in [5, 5.41) is 0. The van der Waals surface area contributed by atoms with Crippen LogP contribution in [0.3, 0.4) is 0 Å². The van der Waals surface area contributed by atoms with Crippen molar-refractivity contribution in [3.63, 3.8) is 0 Å². The van der Waals surface area contributed by atoms with Gasteiger partial charge in [-0.15, -0.1) is 0 Å². The first-order valence-electron chi connectivity index (χ1n) is 13.0. The van der Waals surface area contributed by atoms with E-state index in [0.29, 0.717) is 6.42 Å². The van der Waals surface area contributed by atoms with E-state index in [4.69, 9.17) is 9.47 Å². The number of ether oxygens (including phenoxy) is 2. The normalized spacial score (nSPS) is 41.6. The van der Waals surface area contributed by atoms with Crippen LogP contribution in [0.15, 0.2) is 0 Å². The summed E-state index contributed by atoms with van der Waals surface area (Å²) in [5.41, 5.74) is -0.943. The Bertz CT molecular complexity index is 660. The lowest BCUT2D eigenvalue weighted by Crippen LogP contribution is -2.69. The zero-order chi connectivity index (χ0) is 22.8. The smallest absolute Gasteiger partial charge is 0.344 e. The molecule has 8 bridgehead atoms. The second kappa shape index (κ2) is 7.76. The second-order valence-corrected chi connectivity index (χ2v) is 12.2. The molecular formula is C27H44O4. The Labute approximate surface area is 189 Å². The van der Waals surface area contributed by atoms with E-state index in [1.807, 2.05) is 34.6 Å². The first-order chi connectivity index (χ1) is 14.6. The van der Waals surface area contributed by atoms with Crippen LogP contribution >= 0.6 is 0 Å². The molecule has 0 saturated heterocycles. The average molecular weight is 433 g/mol. The lowest BCUT2D eigenvalue weighted by atomic mass is 9.31. The maximum absolute atomic E-state index is 12.6. The van der Waals surface area contributed by atoms with E-state index >= 15 is 0 Å². The average Bonchev–Trinajstić information content (AvgIpc) is 2.76. The number of esters is 2. The molecule has 7 fully saturated rings. The van der Waals surface area contributed by atoms with Crippen LogP contribution in [0.2, 0.25) is 0 Å². The standard InChI is InChI=1S/C25H38O4.C2H6/c1-6-23(2,3)22(27)28-13-21(26)29-24(4,5)25-10-18-15-7-14-8-16(18)20(12-25)17(9-14)19(15)11-25;1-2/h14-20H,6-13H2,1-5H3;1-2H3. The molecule has 0 aromatic rings. The molecule has 7 aliphatic rings. The fourth-order valence-electron chi connectivity index (χ4n) is 8.53. The third kappa shape index (κ3) is 3.46. The van der Waals surface area contributed by atoms with Crippen LogP contribution in [-0.2, 0) is 19.1 Å². The molecule has 0 aliphatic heterocycles. The summed E-state index contributed by atoms with van der Waals surface area (Å²) in [6.45, 7) is 13.6. The summed E-state index contributed by atoms with van der Waals surface area (Å²) in [6, 6.07) is 0. The Hall–Kier alpha value is -1.06. The zero-order valence-corrected chi connectivity index (χ0v) is 20.8. The fraction of sp³-hybridized carbons (Fsp3) is 0.926. The van der Waals surface area contributed by atoms with Crippen LogP contribution in [-0.4, -0.2) is 24.1 Å². The molecule has 0 unspecified atom stereocenters. The van der Waals surface area contributed by atoms with Gasteiger partial charge in [0.15, 0.2) is 6.61 Å². The minimum absolute atomic E-state index is 0.114. The fourth-order valence-corrected chi connectivity index (χ4v) is 8.53. The Morgan fingerprint density at radius 2 is 1.29 bits per heavy atom. The Balaban J connectivity index is 0.00000112. The minimum Gasteiger partial charge on any atom is -0.457 e. The van der Waals surface area contributed by atoms with Crippen molar-refractivity contribution < 1.29 is 19.1 Å². The first kappa shape index (κ1) is 23.1. The van der Waals surface area contributed by atoms with Crippen molar-refractivity contribution in [1.82, 2.24) is 0 Å². The number of hydrogen-bond acceptors (Lipinski definition) is 4. The highest BCUT2D eigenvalue weighted by molar-refractivity contribution is 5.80. The summed E-state index contributed by atoms with van der Waals surface area (Å²) in [6.07, 6.45) is 8.79. The molecule has 4 nitrogen and oxygen atoms in total. The Morgan fingerprint density at radius 3 is 1.71 bits per heavy atom. The molecule has 7 rings (SSSR count). The second-order valence-electron chi connectivity index (χ2n) is 12.2. The predicted octanol–water partition coefficient (Wildman–Crippen LogP) is 6.02. The van der Waals surface area contributed by atoms with Crippen molar-refractivity contribution in [3.8, 4) is 0 Å². The maximum atomic E-state index is 12.6. The van der Waals surface area contributed by atoms with Crippen molar-refractivity contribution in [1.29, 1.82) is 0 Å². The molecule has 0 aromatic heterocycles. The monoisotopic (exact) mass is 432 g/mol. The highest BCUT2D eigenvalue weighted by Gasteiger charge is 2.70. The number of hydrogen-bond donors (Lipinski definition) is 0. The molecule has 0 radical (unpaired) electrons. The maximum Gasteiger partial charge on any atom is 0.344 e. The van der Waals surface area contributed by atoms with Gasteiger partial charge in [-0.2, -0.15) is 0 Å². The Kier molecular flexibility index (Phi) is 5.79. The third-order valence-corrected chi connectivity index (χ3v) is 10.4. The minimum atomic E-state index is -0.561. The molecular weight excluding hydrogens is 388 g/mol. The van der Waals surface area contributed by atoms with Crippen LogP contribution in [0.25, 0.3) is 0 Å². The third-order valence-electron chi connectivity index (χ3n) is 10.4. The number of carbonyl (C=O) groups is 2. The van der Waals surface area contributed by atoms with Gasteiger partial charge < -0.3 is 9.47 Å². The molecule has 176 valence electrons. The quantitative estimate of drug-likeness (QED) is 0.481. The first-order valence-corrected chi connectivity index (χ1v) is 13.0. The number of carbonyl (C=O) groups excluding carboxylic acids is 2. The van der Waals surface area contributed by atoms with Gasteiger partial charge in [0, 0.05) is 5.41 Å². The van der Waals surface area contributed by atoms with E-state index in [1.165, 1.54) is 38.5 Å². The Morgan fingerprint density at radius 1 is 0.839 bits per heavy atom. The summed E-state index contributed by atoms with van der Waals surface area (Å²) >= 11 is 0. The molecule has 0 spiro atoms. The summed E-state index contributed by atoms with van der Waals surface area (Å²) in [5.74, 6) is 5.73. The van der Waals surface area contributed by atoms with Gasteiger partial charge in [0.05, 0.1) is 5.41 Å². The van der Waals surface area contributed by atoms with E-state index in [1.54, 1.807) is 0 Å². The van der Waals surface area contributed by atoms with Crippen LogP contribution in [0.5, 0.6) is 0 Å². The van der Waals surface area contributed by atoms with Gasteiger partial charge >= 0.3 is 11.9 Å². The number of rotatable bonds is 6. The van der Waals surface area contributed by atoms with Gasteiger partial charge in [-0.05, 0) is 114 Å². The van der Waals surface area contributed by atoms with Gasteiger partial charge in [0.2, 0.25) is 0 Å². The summed E-state index contributed by atoms with van der Waals surface area (Å²) in [7, 11) is 0. The molecule has 7 saturated carbocycles. The molecule has 4 heteroatoms. The van der Waals surface area contributed by atoms with Crippen molar-refractivity contribution in [3.05, 3.63) is 0 Å². The SMILES string of the molecule is CC.CCC(C)(C)C(=O)OCC(=O)OC(C)(C)C12CC3C4CC5CC3C(C1)C(C5)C4C2. The lowest BCUT2D eigenvalue weighted by Gasteiger charge is -2.74. The largest absolute Gasteiger partial charge is 0.457 e. The van der Waals surface area contributed by atoms with Gasteiger partial charge in [-0.1, -0.05) is 20.8 Å². The van der Waals surface area contributed by atoms with Gasteiger partial charge in [-0.25, -0.2) is 4.79 Å². The van der Waals surface area contributed by atoms with Gasteiger partial charge in [-0.3, -0.25) is 4.79 Å². The topological polar surface area (TPSA) is 52.6 Å². The van der Waals surface area contributed by atoms with Crippen molar-refractivity contribution in [2.75, 3.05) is 6.61 Å². The van der Waals surface area contributed by atoms with E-state index in [-0.39, 0.29) is 18.0 Å².